The monoisotopic (exact) mass is 417 g/mol. The number of rotatable bonds is 3. The van der Waals surface area contributed by atoms with Crippen molar-refractivity contribution in [2.75, 3.05) is 13.1 Å². The molecule has 1 fully saturated rings. The Kier molecular flexibility index (Phi) is 5.56. The van der Waals surface area contributed by atoms with E-state index < -0.39 is 0 Å². The van der Waals surface area contributed by atoms with Crippen molar-refractivity contribution in [2.45, 2.75) is 26.7 Å². The Morgan fingerprint density at radius 1 is 1.04 bits per heavy atom. The van der Waals surface area contributed by atoms with Crippen molar-refractivity contribution in [3.63, 3.8) is 0 Å². The van der Waals surface area contributed by atoms with E-state index in [1.165, 1.54) is 18.2 Å². The van der Waals surface area contributed by atoms with Crippen LogP contribution in [0.5, 0.6) is 0 Å². The van der Waals surface area contributed by atoms with E-state index in [9.17, 15) is 14.0 Å². The number of hydrogen-bond acceptors (Lipinski definition) is 2. The van der Waals surface area contributed by atoms with Crippen molar-refractivity contribution in [1.29, 1.82) is 0 Å². The second kappa shape index (κ2) is 7.70. The molecule has 26 heavy (non-hydrogen) atoms. The smallest absolute Gasteiger partial charge is 0.255 e. The van der Waals surface area contributed by atoms with Crippen molar-refractivity contribution in [3.8, 4) is 0 Å². The lowest BCUT2D eigenvalue weighted by atomic mass is 9.87. The topological polar surface area (TPSA) is 37.4 Å². The number of benzene rings is 2. The molecule has 1 aliphatic heterocycles. The van der Waals surface area contributed by atoms with Crippen LogP contribution < -0.4 is 0 Å². The Hall–Kier alpha value is -2.01. The minimum atomic E-state index is -0.383. The summed E-state index contributed by atoms with van der Waals surface area (Å²) in [5.74, 6) is -0.407. The summed E-state index contributed by atoms with van der Waals surface area (Å²) in [6, 6.07) is 9.97. The lowest BCUT2D eigenvalue weighted by molar-refractivity contribution is 0.0649. The Bertz CT molecular complexity index is 786. The fourth-order valence-corrected chi connectivity index (χ4v) is 4.01. The first-order chi connectivity index (χ1) is 12.4. The molecule has 0 spiro atoms. The Morgan fingerprint density at radius 3 is 2.31 bits per heavy atom. The Morgan fingerprint density at radius 2 is 1.69 bits per heavy atom. The van der Waals surface area contributed by atoms with Gasteiger partial charge in [-0.25, -0.2) is 4.39 Å². The summed E-state index contributed by atoms with van der Waals surface area (Å²) in [6.07, 6.45) is 1.30. The van der Waals surface area contributed by atoms with Crippen LogP contribution >= 0.6 is 15.9 Å². The van der Waals surface area contributed by atoms with E-state index in [0.29, 0.717) is 36.0 Å². The van der Waals surface area contributed by atoms with Crippen molar-refractivity contribution in [3.05, 3.63) is 68.9 Å². The zero-order chi connectivity index (χ0) is 18.8. The molecule has 0 N–H and O–H groups in total. The van der Waals surface area contributed by atoms with E-state index in [1.54, 1.807) is 4.90 Å². The molecule has 0 atom stereocenters. The maximum absolute atomic E-state index is 13.2. The highest BCUT2D eigenvalue weighted by atomic mass is 79.9. The molecule has 3 rings (SSSR count). The molecule has 2 aromatic rings. The highest BCUT2D eigenvalue weighted by Crippen LogP contribution is 2.26. The van der Waals surface area contributed by atoms with E-state index >= 15 is 0 Å². The third kappa shape index (κ3) is 3.88. The summed E-state index contributed by atoms with van der Waals surface area (Å²) in [5.41, 5.74) is 3.38. The van der Waals surface area contributed by atoms with E-state index in [2.05, 4.69) is 15.9 Å². The van der Waals surface area contributed by atoms with Gasteiger partial charge in [0, 0.05) is 29.0 Å². The van der Waals surface area contributed by atoms with Gasteiger partial charge in [-0.2, -0.15) is 0 Å². The fraction of sp³-hybridized carbons (Fsp3) is 0.333. The van der Waals surface area contributed by atoms with E-state index in [1.807, 2.05) is 32.0 Å². The average Bonchev–Trinajstić information content (AvgIpc) is 2.61. The van der Waals surface area contributed by atoms with Gasteiger partial charge >= 0.3 is 0 Å². The van der Waals surface area contributed by atoms with Gasteiger partial charge in [-0.1, -0.05) is 23.8 Å². The molecule has 2 aromatic carbocycles. The van der Waals surface area contributed by atoms with Gasteiger partial charge in [0.25, 0.3) is 5.91 Å². The number of Topliss-reactive ketones (excluding diaryl/α,β-unsaturated/α-hetero) is 1. The van der Waals surface area contributed by atoms with Gasteiger partial charge in [0.1, 0.15) is 5.82 Å². The van der Waals surface area contributed by atoms with Gasteiger partial charge in [-0.05, 0) is 66.4 Å². The van der Waals surface area contributed by atoms with Gasteiger partial charge in [0.05, 0.1) is 5.56 Å². The van der Waals surface area contributed by atoms with Crippen LogP contribution in [0, 0.1) is 25.6 Å². The highest BCUT2D eigenvalue weighted by molar-refractivity contribution is 9.10. The number of piperidine rings is 1. The molecule has 1 heterocycles. The second-order valence-electron chi connectivity index (χ2n) is 6.87. The van der Waals surface area contributed by atoms with E-state index in [4.69, 9.17) is 0 Å². The molecule has 0 aromatic heterocycles. The number of nitrogens with zero attached hydrogens (tertiary/aromatic N) is 1. The number of likely N-dealkylation sites (tertiary alicyclic amines) is 1. The number of aryl methyl sites for hydroxylation is 2. The number of amides is 1. The molecule has 0 unspecified atom stereocenters. The van der Waals surface area contributed by atoms with Crippen LogP contribution in [0.15, 0.2) is 40.9 Å². The van der Waals surface area contributed by atoms with Gasteiger partial charge in [-0.15, -0.1) is 0 Å². The number of carbonyl (C=O) groups is 2. The molecular weight excluding hydrogens is 397 g/mol. The van der Waals surface area contributed by atoms with Crippen LogP contribution in [0.2, 0.25) is 0 Å². The summed E-state index contributed by atoms with van der Waals surface area (Å²) in [7, 11) is 0. The highest BCUT2D eigenvalue weighted by Gasteiger charge is 2.29. The maximum atomic E-state index is 13.2. The first-order valence-electron chi connectivity index (χ1n) is 8.72. The van der Waals surface area contributed by atoms with Crippen LogP contribution in [0.4, 0.5) is 4.39 Å². The van der Waals surface area contributed by atoms with Crippen molar-refractivity contribution < 1.29 is 14.0 Å². The Balaban J connectivity index is 1.67. The molecule has 1 saturated heterocycles. The van der Waals surface area contributed by atoms with Crippen LogP contribution in [-0.2, 0) is 0 Å². The van der Waals surface area contributed by atoms with Crippen molar-refractivity contribution >= 4 is 27.6 Å². The molecular formula is C21H21BrFNO2. The zero-order valence-corrected chi connectivity index (χ0v) is 16.5. The molecule has 1 aliphatic rings. The van der Waals surface area contributed by atoms with E-state index in [0.717, 1.165) is 16.7 Å². The summed E-state index contributed by atoms with van der Waals surface area (Å²) in [6.45, 7) is 5.04. The molecule has 0 aliphatic carbocycles. The van der Waals surface area contributed by atoms with Crippen LogP contribution in [0.3, 0.4) is 0 Å². The predicted octanol–water partition coefficient (Wildman–Crippen LogP) is 4.94. The van der Waals surface area contributed by atoms with Gasteiger partial charge in [0.15, 0.2) is 5.78 Å². The minimum absolute atomic E-state index is 0.0582. The molecule has 0 radical (unpaired) electrons. The van der Waals surface area contributed by atoms with Crippen LogP contribution in [-0.4, -0.2) is 29.7 Å². The molecule has 0 bridgehead atoms. The molecule has 0 saturated carbocycles. The zero-order valence-electron chi connectivity index (χ0n) is 14.9. The average molecular weight is 418 g/mol. The summed E-state index contributed by atoms with van der Waals surface area (Å²) >= 11 is 3.25. The second-order valence-corrected chi connectivity index (χ2v) is 7.73. The fourth-order valence-electron chi connectivity index (χ4n) is 3.49. The SMILES string of the molecule is Cc1ccc(C(=O)C2CCN(C(=O)c3ccc(F)cc3Br)CC2)c(C)c1. The normalized spacial score (nSPS) is 15.2. The molecule has 5 heteroatoms. The first-order valence-corrected chi connectivity index (χ1v) is 9.52. The lowest BCUT2D eigenvalue weighted by Crippen LogP contribution is -2.40. The third-order valence-corrected chi connectivity index (χ3v) is 5.62. The Labute approximate surface area is 161 Å². The third-order valence-electron chi connectivity index (χ3n) is 4.96. The molecule has 3 nitrogen and oxygen atoms in total. The van der Waals surface area contributed by atoms with Gasteiger partial charge in [0.2, 0.25) is 0 Å². The van der Waals surface area contributed by atoms with Crippen molar-refractivity contribution in [2.24, 2.45) is 5.92 Å². The number of halogens is 2. The first kappa shape index (κ1) is 18.8. The summed E-state index contributed by atoms with van der Waals surface area (Å²) in [5, 5.41) is 0. The standard InChI is InChI=1S/C21H21BrFNO2/c1-13-3-5-17(14(2)11-13)20(25)15-7-9-24(10-8-15)21(26)18-6-4-16(23)12-19(18)22/h3-6,11-12,15H,7-10H2,1-2H3. The van der Waals surface area contributed by atoms with Gasteiger partial charge < -0.3 is 4.90 Å². The van der Waals surface area contributed by atoms with Crippen LogP contribution in [0.25, 0.3) is 0 Å². The molecule has 136 valence electrons. The summed E-state index contributed by atoms with van der Waals surface area (Å²) < 4.78 is 13.7. The lowest BCUT2D eigenvalue weighted by Gasteiger charge is -2.32. The van der Waals surface area contributed by atoms with Crippen LogP contribution in [0.1, 0.15) is 44.7 Å². The summed E-state index contributed by atoms with van der Waals surface area (Å²) in [4.78, 5) is 27.2. The quantitative estimate of drug-likeness (QED) is 0.663. The maximum Gasteiger partial charge on any atom is 0.255 e. The number of carbonyl (C=O) groups excluding carboxylic acids is 2. The number of hydrogen-bond donors (Lipinski definition) is 0. The molecule has 1 amide bonds. The van der Waals surface area contributed by atoms with Gasteiger partial charge in [-0.3, -0.25) is 9.59 Å². The van der Waals surface area contributed by atoms with E-state index in [-0.39, 0.29) is 23.4 Å². The minimum Gasteiger partial charge on any atom is -0.339 e. The number of ketones is 1. The largest absolute Gasteiger partial charge is 0.339 e. The predicted molar refractivity (Wildman–Crippen MR) is 103 cm³/mol. The van der Waals surface area contributed by atoms with Crippen molar-refractivity contribution in [1.82, 2.24) is 4.90 Å².